The van der Waals surface area contributed by atoms with Gasteiger partial charge < -0.3 is 9.69 Å². The molecule has 2 unspecified atom stereocenters. The Morgan fingerprint density at radius 2 is 1.95 bits per heavy atom. The van der Waals surface area contributed by atoms with Gasteiger partial charge in [0.15, 0.2) is 0 Å². The third kappa shape index (κ3) is 2.20. The lowest BCUT2D eigenvalue weighted by molar-refractivity contribution is -0.108. The van der Waals surface area contributed by atoms with Gasteiger partial charge in [0.2, 0.25) is 0 Å². The van der Waals surface area contributed by atoms with Crippen molar-refractivity contribution in [2.24, 2.45) is 4.99 Å². The molecule has 1 aromatic rings. The summed E-state index contributed by atoms with van der Waals surface area (Å²) in [6.07, 6.45) is 7.66. The van der Waals surface area contributed by atoms with Gasteiger partial charge in [0, 0.05) is 12.6 Å². The van der Waals surface area contributed by atoms with Crippen molar-refractivity contribution in [3.8, 4) is 0 Å². The number of aryl methyl sites for hydroxylation is 1. The molecule has 20 heavy (non-hydrogen) atoms. The average Bonchev–Trinajstić information content (AvgIpc) is 2.79. The van der Waals surface area contributed by atoms with Crippen LogP contribution in [-0.4, -0.2) is 23.1 Å². The fourth-order valence-electron chi connectivity index (χ4n) is 2.78. The van der Waals surface area contributed by atoms with Crippen LogP contribution < -0.4 is 0 Å². The third-order valence-electron chi connectivity index (χ3n) is 3.85. The summed E-state index contributed by atoms with van der Waals surface area (Å²) in [6.45, 7) is 4.13. The zero-order valence-electron chi connectivity index (χ0n) is 11.8. The van der Waals surface area contributed by atoms with Crippen LogP contribution in [0, 0.1) is 6.92 Å². The summed E-state index contributed by atoms with van der Waals surface area (Å²) in [5.41, 5.74) is 3.59. The van der Waals surface area contributed by atoms with E-state index < -0.39 is 0 Å². The molecule has 102 valence electrons. The molecule has 0 saturated carbocycles. The Kier molecular flexibility index (Phi) is 3.26. The van der Waals surface area contributed by atoms with E-state index in [-0.39, 0.29) is 12.1 Å². The summed E-state index contributed by atoms with van der Waals surface area (Å²) < 4.78 is 0. The molecule has 2 heterocycles. The number of amidine groups is 1. The van der Waals surface area contributed by atoms with Gasteiger partial charge in [-0.1, -0.05) is 35.9 Å². The van der Waals surface area contributed by atoms with Gasteiger partial charge in [0.1, 0.15) is 12.1 Å². The fraction of sp³-hybridized carbons (Fsp3) is 0.294. The largest absolute Gasteiger partial charge is 0.327 e. The Hall–Kier alpha value is -2.16. The van der Waals surface area contributed by atoms with Crippen molar-refractivity contribution in [2.75, 3.05) is 0 Å². The Labute approximate surface area is 119 Å². The molecule has 0 saturated heterocycles. The standard InChI is InChI=1S/C17H18N2O/c1-12-3-6-14(7-4-12)17-15(9-10-20)19-11-13(2)5-8-16(19)18-17/h3-8,10-11,15,17H,9H2,1-2H3. The van der Waals surface area contributed by atoms with Gasteiger partial charge in [-0.2, -0.15) is 0 Å². The number of rotatable bonds is 3. The predicted octanol–water partition coefficient (Wildman–Crippen LogP) is 3.18. The SMILES string of the molecule is CC1=CN2C(=NC(c3ccc(C)cc3)C2CC=O)C=C1. The zero-order valence-corrected chi connectivity index (χ0v) is 11.8. The molecule has 0 bridgehead atoms. The summed E-state index contributed by atoms with van der Waals surface area (Å²) in [5, 5.41) is 0. The summed E-state index contributed by atoms with van der Waals surface area (Å²) >= 11 is 0. The Morgan fingerprint density at radius 1 is 1.20 bits per heavy atom. The molecule has 0 aromatic heterocycles. The van der Waals surface area contributed by atoms with Crippen molar-refractivity contribution >= 4 is 12.1 Å². The van der Waals surface area contributed by atoms with Crippen molar-refractivity contribution in [1.29, 1.82) is 0 Å². The minimum absolute atomic E-state index is 0.0302. The predicted molar refractivity (Wildman–Crippen MR) is 80.6 cm³/mol. The van der Waals surface area contributed by atoms with Gasteiger partial charge in [-0.25, -0.2) is 0 Å². The molecule has 0 amide bonds. The van der Waals surface area contributed by atoms with Crippen LogP contribution in [0.3, 0.4) is 0 Å². The van der Waals surface area contributed by atoms with Crippen LogP contribution in [0.25, 0.3) is 0 Å². The number of fused-ring (bicyclic) bond motifs is 1. The first-order chi connectivity index (χ1) is 9.69. The van der Waals surface area contributed by atoms with Gasteiger partial charge in [0.05, 0.1) is 12.1 Å². The Balaban J connectivity index is 1.98. The normalized spacial score (nSPS) is 24.2. The van der Waals surface area contributed by atoms with Crippen LogP contribution in [0.5, 0.6) is 0 Å². The molecule has 3 rings (SSSR count). The maximum atomic E-state index is 11.0. The highest BCUT2D eigenvalue weighted by atomic mass is 16.1. The molecular formula is C17H18N2O. The first-order valence-electron chi connectivity index (χ1n) is 6.92. The summed E-state index contributed by atoms with van der Waals surface area (Å²) in [5.74, 6) is 0.952. The van der Waals surface area contributed by atoms with Crippen LogP contribution >= 0.6 is 0 Å². The van der Waals surface area contributed by atoms with E-state index in [1.807, 2.05) is 6.08 Å². The molecule has 2 atom stereocenters. The third-order valence-corrected chi connectivity index (χ3v) is 3.85. The number of allylic oxidation sites excluding steroid dienone is 2. The first kappa shape index (κ1) is 12.9. The molecule has 2 aliphatic heterocycles. The molecule has 0 fully saturated rings. The van der Waals surface area contributed by atoms with E-state index in [9.17, 15) is 4.79 Å². The van der Waals surface area contributed by atoms with Crippen molar-refractivity contribution in [2.45, 2.75) is 32.4 Å². The number of carbonyl (C=O) groups excluding carboxylic acids is 1. The molecule has 3 heteroatoms. The average molecular weight is 266 g/mol. The monoisotopic (exact) mass is 266 g/mol. The van der Waals surface area contributed by atoms with E-state index in [0.29, 0.717) is 6.42 Å². The van der Waals surface area contributed by atoms with Crippen molar-refractivity contribution in [3.63, 3.8) is 0 Å². The maximum absolute atomic E-state index is 11.0. The van der Waals surface area contributed by atoms with Crippen LogP contribution in [0.2, 0.25) is 0 Å². The van der Waals surface area contributed by atoms with Gasteiger partial charge in [-0.05, 0) is 31.1 Å². The first-order valence-corrected chi connectivity index (χ1v) is 6.92. The van der Waals surface area contributed by atoms with Crippen LogP contribution in [0.15, 0.2) is 53.2 Å². The molecule has 3 nitrogen and oxygen atoms in total. The minimum atomic E-state index is 0.0302. The van der Waals surface area contributed by atoms with Gasteiger partial charge in [-0.15, -0.1) is 0 Å². The zero-order chi connectivity index (χ0) is 14.1. The van der Waals surface area contributed by atoms with Crippen molar-refractivity contribution < 1.29 is 4.79 Å². The second-order valence-corrected chi connectivity index (χ2v) is 5.43. The lowest BCUT2D eigenvalue weighted by atomic mass is 9.97. The van der Waals surface area contributed by atoms with E-state index in [4.69, 9.17) is 4.99 Å². The van der Waals surface area contributed by atoms with Crippen LogP contribution in [-0.2, 0) is 4.79 Å². The van der Waals surface area contributed by atoms with Gasteiger partial charge in [0.25, 0.3) is 0 Å². The number of hydrogen-bond acceptors (Lipinski definition) is 3. The Morgan fingerprint density at radius 3 is 2.65 bits per heavy atom. The molecule has 0 aliphatic carbocycles. The second-order valence-electron chi connectivity index (χ2n) is 5.43. The number of aliphatic imine (C=N–C) groups is 1. The highest BCUT2D eigenvalue weighted by Crippen LogP contribution is 2.35. The number of hydrogen-bond donors (Lipinski definition) is 0. The Bertz CT molecular complexity index is 610. The number of nitrogens with zero attached hydrogens (tertiary/aromatic N) is 2. The highest BCUT2D eigenvalue weighted by Gasteiger charge is 2.35. The van der Waals surface area contributed by atoms with Gasteiger partial charge in [-0.3, -0.25) is 4.99 Å². The number of benzene rings is 1. The number of carbonyl (C=O) groups is 1. The van der Waals surface area contributed by atoms with Crippen LogP contribution in [0.1, 0.15) is 30.5 Å². The van der Waals surface area contributed by atoms with Gasteiger partial charge >= 0.3 is 0 Å². The quantitative estimate of drug-likeness (QED) is 0.787. The molecule has 0 spiro atoms. The molecule has 2 aliphatic rings. The fourth-order valence-corrected chi connectivity index (χ4v) is 2.78. The highest BCUT2D eigenvalue weighted by molar-refractivity contribution is 5.97. The minimum Gasteiger partial charge on any atom is -0.327 e. The lowest BCUT2D eigenvalue weighted by Crippen LogP contribution is -2.34. The van der Waals surface area contributed by atoms with E-state index in [1.54, 1.807) is 0 Å². The molecule has 1 aromatic carbocycles. The van der Waals surface area contributed by atoms with E-state index in [1.165, 1.54) is 16.7 Å². The lowest BCUT2D eigenvalue weighted by Gasteiger charge is -2.27. The molecule has 0 radical (unpaired) electrons. The van der Waals surface area contributed by atoms with Crippen LogP contribution in [0.4, 0.5) is 0 Å². The van der Waals surface area contributed by atoms with Crippen molar-refractivity contribution in [1.82, 2.24) is 4.90 Å². The van der Waals surface area contributed by atoms with Crippen molar-refractivity contribution in [3.05, 3.63) is 59.3 Å². The summed E-state index contributed by atoms with van der Waals surface area (Å²) in [4.78, 5) is 18.0. The summed E-state index contributed by atoms with van der Waals surface area (Å²) in [6, 6.07) is 8.54. The van der Waals surface area contributed by atoms with E-state index in [0.717, 1.165) is 12.1 Å². The number of aldehydes is 1. The smallest absolute Gasteiger partial charge is 0.128 e. The van der Waals surface area contributed by atoms with E-state index in [2.05, 4.69) is 55.3 Å². The van der Waals surface area contributed by atoms with E-state index >= 15 is 0 Å². The molecular weight excluding hydrogens is 248 g/mol. The maximum Gasteiger partial charge on any atom is 0.128 e. The second kappa shape index (κ2) is 5.08. The summed E-state index contributed by atoms with van der Waals surface area (Å²) in [7, 11) is 0. The molecule has 0 N–H and O–H groups in total. The topological polar surface area (TPSA) is 32.7 Å².